The van der Waals surface area contributed by atoms with Gasteiger partial charge in [-0.1, -0.05) is 97.1 Å². The van der Waals surface area contributed by atoms with E-state index in [-0.39, 0.29) is 6.04 Å². The highest BCUT2D eigenvalue weighted by Gasteiger charge is 2.24. The maximum Gasteiger partial charge on any atom is 0.146 e. The van der Waals surface area contributed by atoms with E-state index in [1.165, 1.54) is 33.4 Å². The van der Waals surface area contributed by atoms with Gasteiger partial charge in [0, 0.05) is 17.4 Å². The number of rotatable bonds is 4. The second-order valence-corrected chi connectivity index (χ2v) is 10.7. The van der Waals surface area contributed by atoms with Gasteiger partial charge in [-0.3, -0.25) is 4.99 Å². The Bertz CT molecular complexity index is 1890. The highest BCUT2D eigenvalue weighted by atomic mass is 16.3. The zero-order chi connectivity index (χ0) is 27.2. The van der Waals surface area contributed by atoms with Crippen molar-refractivity contribution in [1.29, 1.82) is 0 Å². The minimum atomic E-state index is -0.0513. The van der Waals surface area contributed by atoms with Crippen LogP contribution in [0.15, 0.2) is 136 Å². The molecule has 0 radical (unpaired) electrons. The minimum absolute atomic E-state index is 0.0513. The third-order valence-corrected chi connectivity index (χ3v) is 8.16. The van der Waals surface area contributed by atoms with Crippen LogP contribution in [0.3, 0.4) is 0 Å². The summed E-state index contributed by atoms with van der Waals surface area (Å²) in [5.74, 6) is 0.732. The largest absolute Gasteiger partial charge is 0.454 e. The van der Waals surface area contributed by atoms with E-state index in [1.54, 1.807) is 0 Å². The van der Waals surface area contributed by atoms with E-state index in [0.717, 1.165) is 46.5 Å². The molecule has 0 unspecified atom stereocenters. The number of para-hydroxylation sites is 3. The van der Waals surface area contributed by atoms with Crippen molar-refractivity contribution in [2.45, 2.75) is 18.9 Å². The summed E-state index contributed by atoms with van der Waals surface area (Å²) in [5.41, 5.74) is 11.7. The molecule has 2 aliphatic rings. The number of nitrogens with zero attached hydrogens (tertiary/aromatic N) is 3. The summed E-state index contributed by atoms with van der Waals surface area (Å²) in [6, 6.07) is 42.3. The molecule has 1 aromatic heterocycles. The highest BCUT2D eigenvalue weighted by molar-refractivity contribution is 5.99. The zero-order valence-electron chi connectivity index (χ0n) is 22.4. The summed E-state index contributed by atoms with van der Waals surface area (Å²) in [4.78, 5) is 5.07. The Morgan fingerprint density at radius 3 is 1.88 bits per heavy atom. The number of furan rings is 1. The summed E-state index contributed by atoms with van der Waals surface area (Å²) in [6.07, 6.45) is 5.63. The first-order valence-corrected chi connectivity index (χ1v) is 14.0. The van der Waals surface area contributed by atoms with Crippen LogP contribution in [0.4, 0.5) is 11.4 Å². The molecule has 0 spiro atoms. The average Bonchev–Trinajstić information content (AvgIpc) is 3.45. The van der Waals surface area contributed by atoms with Crippen LogP contribution >= 0.6 is 0 Å². The smallest absolute Gasteiger partial charge is 0.146 e. The van der Waals surface area contributed by atoms with Crippen LogP contribution in [0, 0.1) is 0 Å². The van der Waals surface area contributed by atoms with Crippen molar-refractivity contribution in [2.75, 3.05) is 5.01 Å². The third-order valence-electron chi connectivity index (χ3n) is 8.16. The van der Waals surface area contributed by atoms with Gasteiger partial charge in [0.2, 0.25) is 0 Å². The standard InChI is InChI=1S/C37H27N3O/c1-5-16-32-25(10-1)20-26-11-2-6-17-33(26)36(32)38-24-31-22-29-14-9-15-30(37(29)41-31)23-39-40-34-18-7-3-12-27(34)21-28-13-4-8-19-35(28)40/h1-19,22-24,36H,20-21H2. The van der Waals surface area contributed by atoms with Gasteiger partial charge in [-0.2, -0.15) is 5.10 Å². The summed E-state index contributed by atoms with van der Waals surface area (Å²) < 4.78 is 6.39. The second-order valence-electron chi connectivity index (χ2n) is 10.7. The molecule has 4 heteroatoms. The minimum Gasteiger partial charge on any atom is -0.454 e. The van der Waals surface area contributed by atoms with Crippen molar-refractivity contribution in [3.63, 3.8) is 0 Å². The number of benzene rings is 5. The van der Waals surface area contributed by atoms with Gasteiger partial charge < -0.3 is 4.42 Å². The summed E-state index contributed by atoms with van der Waals surface area (Å²) in [7, 11) is 0. The Morgan fingerprint density at radius 2 is 1.20 bits per heavy atom. The Hall–Kier alpha value is -5.22. The monoisotopic (exact) mass is 529 g/mol. The van der Waals surface area contributed by atoms with Crippen LogP contribution in [0.25, 0.3) is 11.0 Å². The molecule has 1 aliphatic heterocycles. The third kappa shape index (κ3) is 4.16. The molecule has 0 saturated heterocycles. The molecule has 0 fully saturated rings. The molecule has 4 nitrogen and oxygen atoms in total. The van der Waals surface area contributed by atoms with Crippen molar-refractivity contribution in [3.05, 3.63) is 166 Å². The van der Waals surface area contributed by atoms with Crippen LogP contribution in [0.5, 0.6) is 0 Å². The van der Waals surface area contributed by atoms with Gasteiger partial charge in [0.25, 0.3) is 0 Å². The first-order chi connectivity index (χ1) is 20.3. The molecule has 5 aromatic carbocycles. The molecule has 0 atom stereocenters. The lowest BCUT2D eigenvalue weighted by Gasteiger charge is -2.29. The number of fused-ring (bicyclic) bond motifs is 5. The fourth-order valence-corrected chi connectivity index (χ4v) is 6.19. The molecule has 41 heavy (non-hydrogen) atoms. The number of hydrazone groups is 1. The van der Waals surface area contributed by atoms with Crippen LogP contribution in [0.1, 0.15) is 50.7 Å². The maximum absolute atomic E-state index is 6.39. The zero-order valence-corrected chi connectivity index (χ0v) is 22.4. The topological polar surface area (TPSA) is 41.1 Å². The first kappa shape index (κ1) is 23.6. The van der Waals surface area contributed by atoms with Crippen molar-refractivity contribution in [1.82, 2.24) is 0 Å². The van der Waals surface area contributed by atoms with Gasteiger partial charge in [-0.05, 0) is 64.1 Å². The van der Waals surface area contributed by atoms with Crippen LogP contribution in [-0.2, 0) is 12.8 Å². The summed E-state index contributed by atoms with van der Waals surface area (Å²) in [6.45, 7) is 0. The van der Waals surface area contributed by atoms with E-state index in [0.29, 0.717) is 0 Å². The van der Waals surface area contributed by atoms with Crippen molar-refractivity contribution < 1.29 is 4.42 Å². The van der Waals surface area contributed by atoms with Crippen molar-refractivity contribution in [3.8, 4) is 0 Å². The van der Waals surface area contributed by atoms with Gasteiger partial charge in [-0.15, -0.1) is 0 Å². The number of hydrogen-bond acceptors (Lipinski definition) is 4. The van der Waals surface area contributed by atoms with Gasteiger partial charge in [0.15, 0.2) is 0 Å². The average molecular weight is 530 g/mol. The predicted octanol–water partition coefficient (Wildman–Crippen LogP) is 8.62. The lowest BCUT2D eigenvalue weighted by Crippen LogP contribution is -2.18. The maximum atomic E-state index is 6.39. The Kier molecular flexibility index (Phi) is 5.63. The molecule has 0 amide bonds. The summed E-state index contributed by atoms with van der Waals surface area (Å²) >= 11 is 0. The van der Waals surface area contributed by atoms with Crippen molar-refractivity contribution in [2.24, 2.45) is 10.1 Å². The first-order valence-electron chi connectivity index (χ1n) is 14.0. The highest BCUT2D eigenvalue weighted by Crippen LogP contribution is 2.39. The molecule has 0 bridgehead atoms. The van der Waals surface area contributed by atoms with Crippen LogP contribution < -0.4 is 5.01 Å². The molecule has 196 valence electrons. The normalized spacial score (nSPS) is 14.3. The Morgan fingerprint density at radius 1 is 0.610 bits per heavy atom. The fraction of sp³-hybridized carbons (Fsp3) is 0.0811. The quantitative estimate of drug-likeness (QED) is 0.215. The van der Waals surface area contributed by atoms with Crippen molar-refractivity contribution >= 4 is 34.8 Å². The number of hydrogen-bond donors (Lipinski definition) is 0. The number of anilines is 2. The molecule has 6 aromatic rings. The van der Waals surface area contributed by atoms with Gasteiger partial charge in [-0.25, -0.2) is 5.01 Å². The van der Waals surface area contributed by atoms with Gasteiger partial charge in [0.1, 0.15) is 17.4 Å². The van der Waals surface area contributed by atoms with Gasteiger partial charge in [0.05, 0.1) is 23.8 Å². The summed E-state index contributed by atoms with van der Waals surface area (Å²) in [5, 5.41) is 8.04. The fourth-order valence-electron chi connectivity index (χ4n) is 6.19. The lowest BCUT2D eigenvalue weighted by atomic mass is 9.83. The molecule has 2 heterocycles. The van der Waals surface area contributed by atoms with Gasteiger partial charge >= 0.3 is 0 Å². The van der Waals surface area contributed by atoms with E-state index in [4.69, 9.17) is 14.5 Å². The van der Waals surface area contributed by atoms with E-state index >= 15 is 0 Å². The lowest BCUT2D eigenvalue weighted by molar-refractivity contribution is 0.606. The molecule has 8 rings (SSSR count). The van der Waals surface area contributed by atoms with Crippen LogP contribution in [0.2, 0.25) is 0 Å². The van der Waals surface area contributed by atoms with E-state index in [9.17, 15) is 0 Å². The van der Waals surface area contributed by atoms with Crippen LogP contribution in [-0.4, -0.2) is 12.4 Å². The number of aliphatic imine (C=N–C) groups is 1. The molecular weight excluding hydrogens is 502 g/mol. The second kappa shape index (κ2) is 9.76. The van der Waals surface area contributed by atoms with E-state index < -0.39 is 0 Å². The van der Waals surface area contributed by atoms with E-state index in [2.05, 4.69) is 109 Å². The Balaban J connectivity index is 1.14. The molecule has 0 N–H and O–H groups in total. The molecule has 1 aliphatic carbocycles. The Labute approximate surface area is 238 Å². The predicted molar refractivity (Wildman–Crippen MR) is 167 cm³/mol. The SMILES string of the molecule is C(=NC1c2ccccc2Cc2ccccc21)c1cc2cccc(C=NN3c4ccccc4Cc4ccccc43)c2o1. The molecular formula is C37H27N3O. The molecule has 0 saturated carbocycles. The van der Waals surface area contributed by atoms with E-state index in [1.807, 2.05) is 29.6 Å².